The van der Waals surface area contributed by atoms with Crippen molar-refractivity contribution < 1.29 is 18.9 Å². The number of carbonyl (C=O) groups is 2. The van der Waals surface area contributed by atoms with E-state index in [1.54, 1.807) is 6.07 Å². The Hall–Kier alpha value is -4.85. The summed E-state index contributed by atoms with van der Waals surface area (Å²) in [4.78, 5) is 38.4. The van der Waals surface area contributed by atoms with Crippen LogP contribution >= 0.6 is 0 Å². The van der Waals surface area contributed by atoms with E-state index in [0.29, 0.717) is 11.3 Å². The minimum absolute atomic E-state index is 0.0273. The Kier molecular flexibility index (Phi) is 5.10. The molecule has 1 aliphatic heterocycles. The van der Waals surface area contributed by atoms with Crippen molar-refractivity contribution in [1.29, 1.82) is 0 Å². The number of nitro benzene ring substituents is 1. The Balaban J connectivity index is 1.65. The van der Waals surface area contributed by atoms with Crippen LogP contribution in [0.1, 0.15) is 5.56 Å². The maximum Gasteiger partial charge on any atom is 0.282 e. The average molecular weight is 453 g/mol. The SMILES string of the molecule is O=C1C(Nc2cccc3ccccc23)=C(c2ccc([N+](=O)[O-])cc2)C(=O)N1c1ccc(F)cc1. The number of nitrogens with one attached hydrogen (secondary N) is 1. The van der Waals surface area contributed by atoms with Crippen LogP contribution in [0.2, 0.25) is 0 Å². The molecule has 34 heavy (non-hydrogen) atoms. The van der Waals surface area contributed by atoms with E-state index >= 15 is 0 Å². The molecule has 0 spiro atoms. The lowest BCUT2D eigenvalue weighted by Crippen LogP contribution is -2.32. The van der Waals surface area contributed by atoms with Gasteiger partial charge in [-0.2, -0.15) is 0 Å². The molecular weight excluding hydrogens is 437 g/mol. The van der Waals surface area contributed by atoms with Crippen LogP contribution in [0.4, 0.5) is 21.5 Å². The number of carbonyl (C=O) groups excluding carboxylic acids is 2. The monoisotopic (exact) mass is 453 g/mol. The van der Waals surface area contributed by atoms with Crippen LogP contribution in [-0.4, -0.2) is 16.7 Å². The third-order valence-electron chi connectivity index (χ3n) is 5.58. The highest BCUT2D eigenvalue weighted by molar-refractivity contribution is 6.46. The van der Waals surface area contributed by atoms with Crippen molar-refractivity contribution >= 4 is 45.2 Å². The summed E-state index contributed by atoms with van der Waals surface area (Å²) in [5, 5.41) is 16.0. The maximum absolute atomic E-state index is 13.5. The normalized spacial score (nSPS) is 13.6. The van der Waals surface area contributed by atoms with Gasteiger partial charge in [-0.3, -0.25) is 19.7 Å². The first-order valence-corrected chi connectivity index (χ1v) is 10.3. The molecular formula is C26H16FN3O4. The summed E-state index contributed by atoms with van der Waals surface area (Å²) in [6.45, 7) is 0. The second-order valence-corrected chi connectivity index (χ2v) is 7.63. The predicted molar refractivity (Wildman–Crippen MR) is 126 cm³/mol. The van der Waals surface area contributed by atoms with Gasteiger partial charge in [-0.05, 0) is 53.4 Å². The van der Waals surface area contributed by atoms with Gasteiger partial charge < -0.3 is 5.32 Å². The lowest BCUT2D eigenvalue weighted by atomic mass is 10.0. The summed E-state index contributed by atoms with van der Waals surface area (Å²) in [7, 11) is 0. The quantitative estimate of drug-likeness (QED) is 0.252. The van der Waals surface area contributed by atoms with Gasteiger partial charge in [0.25, 0.3) is 17.5 Å². The summed E-state index contributed by atoms with van der Waals surface area (Å²) in [6, 6.07) is 23.6. The standard InChI is InChI=1S/C26H16FN3O4/c27-18-10-14-19(15-11-18)29-25(31)23(17-8-12-20(13-9-17)30(33)34)24(26(29)32)28-22-7-3-5-16-4-1-2-6-21(16)22/h1-15,28H. The van der Waals surface area contributed by atoms with Crippen molar-refractivity contribution in [1.82, 2.24) is 0 Å². The second-order valence-electron chi connectivity index (χ2n) is 7.63. The van der Waals surface area contributed by atoms with Crippen LogP contribution in [-0.2, 0) is 9.59 Å². The number of hydrogen-bond acceptors (Lipinski definition) is 5. The molecule has 0 fully saturated rings. The molecule has 8 heteroatoms. The molecule has 0 saturated heterocycles. The van der Waals surface area contributed by atoms with Gasteiger partial charge in [-0.15, -0.1) is 0 Å². The van der Waals surface area contributed by atoms with Gasteiger partial charge in [0, 0.05) is 23.2 Å². The Morgan fingerprint density at radius 1 is 0.794 bits per heavy atom. The third kappa shape index (κ3) is 3.57. The fourth-order valence-electron chi connectivity index (χ4n) is 3.96. The zero-order valence-corrected chi connectivity index (χ0v) is 17.6. The molecule has 166 valence electrons. The zero-order valence-electron chi connectivity index (χ0n) is 17.6. The van der Waals surface area contributed by atoms with Gasteiger partial charge in [-0.1, -0.05) is 36.4 Å². The number of anilines is 2. The molecule has 7 nitrogen and oxygen atoms in total. The second kappa shape index (κ2) is 8.25. The fraction of sp³-hybridized carbons (Fsp3) is 0. The number of rotatable bonds is 5. The molecule has 5 rings (SSSR count). The van der Waals surface area contributed by atoms with Crippen LogP contribution in [0, 0.1) is 15.9 Å². The first-order valence-electron chi connectivity index (χ1n) is 10.3. The molecule has 0 unspecified atom stereocenters. The highest BCUT2D eigenvalue weighted by atomic mass is 19.1. The molecule has 0 aliphatic carbocycles. The van der Waals surface area contributed by atoms with Crippen molar-refractivity contribution in [3.8, 4) is 0 Å². The van der Waals surface area contributed by atoms with E-state index in [-0.39, 0.29) is 22.6 Å². The maximum atomic E-state index is 13.5. The highest BCUT2D eigenvalue weighted by Crippen LogP contribution is 2.35. The highest BCUT2D eigenvalue weighted by Gasteiger charge is 2.40. The lowest BCUT2D eigenvalue weighted by Gasteiger charge is -2.15. The Bertz CT molecular complexity index is 1490. The molecule has 1 heterocycles. The van der Waals surface area contributed by atoms with Gasteiger partial charge in [0.1, 0.15) is 11.5 Å². The first-order chi connectivity index (χ1) is 16.4. The van der Waals surface area contributed by atoms with E-state index in [1.807, 2.05) is 36.4 Å². The molecule has 4 aromatic carbocycles. The van der Waals surface area contributed by atoms with Crippen molar-refractivity contribution in [3.63, 3.8) is 0 Å². The van der Waals surface area contributed by atoms with Gasteiger partial charge in [0.2, 0.25) is 0 Å². The van der Waals surface area contributed by atoms with E-state index in [4.69, 9.17) is 0 Å². The average Bonchev–Trinajstić information content (AvgIpc) is 3.09. The molecule has 0 saturated carbocycles. The fourth-order valence-corrected chi connectivity index (χ4v) is 3.96. The van der Waals surface area contributed by atoms with E-state index in [2.05, 4.69) is 5.32 Å². The molecule has 0 atom stereocenters. The van der Waals surface area contributed by atoms with Crippen molar-refractivity contribution in [2.45, 2.75) is 0 Å². The molecule has 0 aromatic heterocycles. The number of amides is 2. The minimum Gasteiger partial charge on any atom is -0.350 e. The van der Waals surface area contributed by atoms with Gasteiger partial charge >= 0.3 is 0 Å². The number of nitro groups is 1. The molecule has 1 aliphatic rings. The van der Waals surface area contributed by atoms with Gasteiger partial charge in [0.05, 0.1) is 16.2 Å². The van der Waals surface area contributed by atoms with E-state index in [9.17, 15) is 24.1 Å². The van der Waals surface area contributed by atoms with E-state index in [1.165, 1.54) is 36.4 Å². The number of hydrogen-bond donors (Lipinski definition) is 1. The zero-order chi connectivity index (χ0) is 23.8. The molecule has 2 amide bonds. The summed E-state index contributed by atoms with van der Waals surface area (Å²) in [6.07, 6.45) is 0. The molecule has 0 bridgehead atoms. The van der Waals surface area contributed by atoms with Gasteiger partial charge in [0.15, 0.2) is 0 Å². The van der Waals surface area contributed by atoms with Crippen molar-refractivity contribution in [2.24, 2.45) is 0 Å². The summed E-state index contributed by atoms with van der Waals surface area (Å²) >= 11 is 0. The lowest BCUT2D eigenvalue weighted by molar-refractivity contribution is -0.384. The smallest absolute Gasteiger partial charge is 0.282 e. The molecule has 0 radical (unpaired) electrons. The number of non-ortho nitro benzene ring substituents is 1. The number of benzene rings is 4. The van der Waals surface area contributed by atoms with Crippen LogP contribution in [0.3, 0.4) is 0 Å². The van der Waals surface area contributed by atoms with Crippen molar-refractivity contribution in [3.05, 3.63) is 118 Å². The minimum atomic E-state index is -0.617. The van der Waals surface area contributed by atoms with Crippen molar-refractivity contribution in [2.75, 3.05) is 10.2 Å². The number of imide groups is 1. The topological polar surface area (TPSA) is 92.5 Å². The van der Waals surface area contributed by atoms with Crippen LogP contribution in [0.25, 0.3) is 16.3 Å². The Morgan fingerprint density at radius 2 is 1.47 bits per heavy atom. The number of nitrogens with zero attached hydrogens (tertiary/aromatic N) is 2. The van der Waals surface area contributed by atoms with Crippen LogP contribution in [0.15, 0.2) is 96.7 Å². The van der Waals surface area contributed by atoms with Crippen LogP contribution in [0.5, 0.6) is 0 Å². The number of fused-ring (bicyclic) bond motifs is 1. The molecule has 4 aromatic rings. The van der Waals surface area contributed by atoms with E-state index < -0.39 is 22.6 Å². The largest absolute Gasteiger partial charge is 0.350 e. The Labute approximate surface area is 192 Å². The Morgan fingerprint density at radius 3 is 2.18 bits per heavy atom. The molecule has 1 N–H and O–H groups in total. The summed E-state index contributed by atoms with van der Waals surface area (Å²) in [5.41, 5.74) is 1.13. The number of halogens is 1. The van der Waals surface area contributed by atoms with Gasteiger partial charge in [-0.25, -0.2) is 9.29 Å². The summed E-state index contributed by atoms with van der Waals surface area (Å²) < 4.78 is 13.5. The van der Waals surface area contributed by atoms with E-state index in [0.717, 1.165) is 27.8 Å². The summed E-state index contributed by atoms with van der Waals surface area (Å²) in [5.74, 6) is -1.73. The van der Waals surface area contributed by atoms with Crippen LogP contribution < -0.4 is 10.2 Å². The predicted octanol–water partition coefficient (Wildman–Crippen LogP) is 5.28. The third-order valence-corrected chi connectivity index (χ3v) is 5.58. The first kappa shape index (κ1) is 21.0.